The third kappa shape index (κ3) is 2.68. The fourth-order valence-electron chi connectivity index (χ4n) is 2.36. The predicted octanol–water partition coefficient (Wildman–Crippen LogP) is 1.24. The molecule has 0 spiro atoms. The van der Waals surface area contributed by atoms with Crippen LogP contribution in [0.3, 0.4) is 0 Å². The molecule has 1 atom stereocenters. The minimum Gasteiger partial charge on any atom is -0.344 e. The Morgan fingerprint density at radius 1 is 1.27 bits per heavy atom. The maximum absolute atomic E-state index is 12.6. The fraction of sp³-hybridized carbons (Fsp3) is 0.438. The number of carbonyl (C=O) groups excluding carboxylic acids is 3. The second kappa shape index (κ2) is 5.79. The first-order valence-corrected chi connectivity index (χ1v) is 7.24. The lowest BCUT2D eigenvalue weighted by atomic mass is 9.91. The highest BCUT2D eigenvalue weighted by atomic mass is 16.2. The summed E-state index contributed by atoms with van der Waals surface area (Å²) in [4.78, 5) is 39.2. The van der Waals surface area contributed by atoms with E-state index in [-0.39, 0.29) is 12.5 Å². The number of hydrogen-bond acceptors (Lipinski definition) is 3. The van der Waals surface area contributed by atoms with E-state index >= 15 is 0 Å². The summed E-state index contributed by atoms with van der Waals surface area (Å²) in [5.74, 6) is -0.668. The highest BCUT2D eigenvalue weighted by Gasteiger charge is 2.49. The second-order valence-corrected chi connectivity index (χ2v) is 5.72. The number of imide groups is 1. The van der Waals surface area contributed by atoms with Gasteiger partial charge in [-0.3, -0.25) is 14.5 Å². The van der Waals surface area contributed by atoms with Crippen LogP contribution in [0.5, 0.6) is 0 Å². The number of rotatable bonds is 4. The number of nitrogens with zero attached hydrogens (tertiary/aromatic N) is 2. The van der Waals surface area contributed by atoms with Gasteiger partial charge in [-0.15, -0.1) is 0 Å². The number of nitrogens with one attached hydrogen (secondary N) is 1. The summed E-state index contributed by atoms with van der Waals surface area (Å²) in [6, 6.07) is 6.87. The van der Waals surface area contributed by atoms with Gasteiger partial charge in [-0.1, -0.05) is 29.8 Å². The molecule has 0 bridgehead atoms. The molecule has 118 valence electrons. The number of amides is 4. The highest BCUT2D eigenvalue weighted by molar-refractivity contribution is 6.09. The van der Waals surface area contributed by atoms with Crippen LogP contribution in [0.15, 0.2) is 24.3 Å². The lowest BCUT2D eigenvalue weighted by Crippen LogP contribution is -2.43. The van der Waals surface area contributed by atoms with Gasteiger partial charge in [0.1, 0.15) is 12.1 Å². The highest BCUT2D eigenvalue weighted by Crippen LogP contribution is 2.28. The SMILES string of the molecule is CCN(C)C(=O)CN1C(=O)NC(C)(c2ccc(C)cc2)C1=O. The number of carbonyl (C=O) groups is 3. The van der Waals surface area contributed by atoms with Crippen LogP contribution >= 0.6 is 0 Å². The Bertz CT molecular complexity index is 612. The van der Waals surface area contributed by atoms with Crippen molar-refractivity contribution in [2.75, 3.05) is 20.1 Å². The van der Waals surface area contributed by atoms with Gasteiger partial charge in [0.25, 0.3) is 5.91 Å². The van der Waals surface area contributed by atoms with Crippen molar-refractivity contribution in [2.24, 2.45) is 0 Å². The normalized spacial score (nSPS) is 21.0. The van der Waals surface area contributed by atoms with Gasteiger partial charge in [0, 0.05) is 13.6 Å². The third-order valence-electron chi connectivity index (χ3n) is 4.10. The van der Waals surface area contributed by atoms with Crippen molar-refractivity contribution in [3.63, 3.8) is 0 Å². The van der Waals surface area contributed by atoms with E-state index in [4.69, 9.17) is 0 Å². The van der Waals surface area contributed by atoms with Crippen molar-refractivity contribution in [3.8, 4) is 0 Å². The van der Waals surface area contributed by atoms with Crippen molar-refractivity contribution in [1.29, 1.82) is 0 Å². The van der Waals surface area contributed by atoms with Crippen molar-refractivity contribution in [3.05, 3.63) is 35.4 Å². The number of likely N-dealkylation sites (N-methyl/N-ethyl adjacent to an activating group) is 1. The maximum Gasteiger partial charge on any atom is 0.325 e. The molecule has 1 N–H and O–H groups in total. The number of benzene rings is 1. The smallest absolute Gasteiger partial charge is 0.325 e. The van der Waals surface area contributed by atoms with Gasteiger partial charge in [-0.25, -0.2) is 4.79 Å². The topological polar surface area (TPSA) is 69.7 Å². The molecule has 2 rings (SSSR count). The molecule has 1 heterocycles. The van der Waals surface area contributed by atoms with Gasteiger partial charge < -0.3 is 10.2 Å². The Morgan fingerprint density at radius 3 is 2.41 bits per heavy atom. The van der Waals surface area contributed by atoms with E-state index < -0.39 is 17.5 Å². The van der Waals surface area contributed by atoms with E-state index in [1.54, 1.807) is 14.0 Å². The van der Waals surface area contributed by atoms with E-state index in [1.807, 2.05) is 38.1 Å². The molecular formula is C16H21N3O3. The van der Waals surface area contributed by atoms with Gasteiger partial charge >= 0.3 is 6.03 Å². The van der Waals surface area contributed by atoms with E-state index in [9.17, 15) is 14.4 Å². The number of aryl methyl sites for hydroxylation is 1. The summed E-state index contributed by atoms with van der Waals surface area (Å²) in [6.45, 7) is 5.73. The zero-order valence-electron chi connectivity index (χ0n) is 13.3. The molecule has 6 heteroatoms. The quantitative estimate of drug-likeness (QED) is 0.851. The maximum atomic E-state index is 12.6. The van der Waals surface area contributed by atoms with E-state index in [0.29, 0.717) is 12.1 Å². The molecule has 1 aliphatic rings. The first kappa shape index (κ1) is 16.0. The average Bonchev–Trinajstić information content (AvgIpc) is 2.71. The predicted molar refractivity (Wildman–Crippen MR) is 82.1 cm³/mol. The Balaban J connectivity index is 2.24. The summed E-state index contributed by atoms with van der Waals surface area (Å²) in [7, 11) is 1.64. The van der Waals surface area contributed by atoms with Crippen LogP contribution in [0.1, 0.15) is 25.0 Å². The Hall–Kier alpha value is -2.37. The van der Waals surface area contributed by atoms with Crippen LogP contribution in [0, 0.1) is 6.92 Å². The molecule has 1 aliphatic heterocycles. The molecule has 0 radical (unpaired) electrons. The van der Waals surface area contributed by atoms with Gasteiger partial charge in [-0.2, -0.15) is 0 Å². The van der Waals surface area contributed by atoms with E-state index in [1.165, 1.54) is 4.90 Å². The third-order valence-corrected chi connectivity index (χ3v) is 4.10. The molecule has 1 unspecified atom stereocenters. The zero-order chi connectivity index (χ0) is 16.5. The Kier molecular flexibility index (Phi) is 4.21. The number of hydrogen-bond donors (Lipinski definition) is 1. The average molecular weight is 303 g/mol. The molecular weight excluding hydrogens is 282 g/mol. The van der Waals surface area contributed by atoms with Crippen LogP contribution in [-0.4, -0.2) is 47.8 Å². The Labute approximate surface area is 130 Å². The van der Waals surface area contributed by atoms with Crippen LogP contribution in [0.2, 0.25) is 0 Å². The summed E-state index contributed by atoms with van der Waals surface area (Å²) in [5.41, 5.74) is 0.645. The molecule has 0 saturated carbocycles. The van der Waals surface area contributed by atoms with Gasteiger partial charge in [0.2, 0.25) is 5.91 Å². The summed E-state index contributed by atoms with van der Waals surface area (Å²) < 4.78 is 0. The second-order valence-electron chi connectivity index (χ2n) is 5.72. The van der Waals surface area contributed by atoms with Crippen molar-refractivity contribution in [1.82, 2.24) is 15.1 Å². The van der Waals surface area contributed by atoms with E-state index in [0.717, 1.165) is 10.5 Å². The van der Waals surface area contributed by atoms with Gasteiger partial charge in [-0.05, 0) is 26.3 Å². The standard InChI is InChI=1S/C16H21N3O3/c1-5-18(4)13(20)10-19-14(21)16(3,17-15(19)22)12-8-6-11(2)7-9-12/h6-9H,5,10H2,1-4H3,(H,17,22). The number of urea groups is 1. The largest absolute Gasteiger partial charge is 0.344 e. The van der Waals surface area contributed by atoms with Crippen LogP contribution in [-0.2, 0) is 15.1 Å². The molecule has 1 aromatic carbocycles. The molecule has 22 heavy (non-hydrogen) atoms. The molecule has 0 aromatic heterocycles. The van der Waals surface area contributed by atoms with Crippen LogP contribution in [0.25, 0.3) is 0 Å². The van der Waals surface area contributed by atoms with Crippen molar-refractivity contribution in [2.45, 2.75) is 26.3 Å². The lowest BCUT2D eigenvalue weighted by molar-refractivity contribution is -0.138. The summed E-state index contributed by atoms with van der Waals surface area (Å²) in [6.07, 6.45) is 0. The van der Waals surface area contributed by atoms with Crippen LogP contribution in [0.4, 0.5) is 4.79 Å². The summed E-state index contributed by atoms with van der Waals surface area (Å²) >= 11 is 0. The zero-order valence-corrected chi connectivity index (χ0v) is 13.3. The minimum atomic E-state index is -1.13. The first-order chi connectivity index (χ1) is 10.3. The molecule has 6 nitrogen and oxygen atoms in total. The molecule has 1 aromatic rings. The minimum absolute atomic E-state index is 0.240. The molecule has 0 aliphatic carbocycles. The monoisotopic (exact) mass is 303 g/mol. The molecule has 1 fully saturated rings. The van der Waals surface area contributed by atoms with Crippen molar-refractivity contribution < 1.29 is 14.4 Å². The van der Waals surface area contributed by atoms with E-state index in [2.05, 4.69) is 5.32 Å². The van der Waals surface area contributed by atoms with Gasteiger partial charge in [0.05, 0.1) is 0 Å². The van der Waals surface area contributed by atoms with Crippen molar-refractivity contribution >= 4 is 17.8 Å². The first-order valence-electron chi connectivity index (χ1n) is 7.24. The fourth-order valence-corrected chi connectivity index (χ4v) is 2.36. The van der Waals surface area contributed by atoms with Gasteiger partial charge in [0.15, 0.2) is 0 Å². The molecule has 4 amide bonds. The van der Waals surface area contributed by atoms with Crippen LogP contribution < -0.4 is 5.32 Å². The summed E-state index contributed by atoms with van der Waals surface area (Å²) in [5, 5.41) is 2.69. The lowest BCUT2D eigenvalue weighted by Gasteiger charge is -2.23. The Morgan fingerprint density at radius 2 is 1.86 bits per heavy atom. The molecule has 1 saturated heterocycles.